The molecule has 0 saturated carbocycles. The number of methoxy groups -OCH3 is 2. The molecule has 37 heavy (non-hydrogen) atoms. The number of nitrogens with one attached hydrogen (secondary N) is 1. The molecule has 1 N–H and O–H groups in total. The molecule has 3 aromatic carbocycles. The summed E-state index contributed by atoms with van der Waals surface area (Å²) in [6.07, 6.45) is 1.91. The van der Waals surface area contributed by atoms with Gasteiger partial charge in [0.05, 0.1) is 19.6 Å². The van der Waals surface area contributed by atoms with E-state index in [1.807, 2.05) is 50.2 Å². The van der Waals surface area contributed by atoms with Crippen LogP contribution in [0.25, 0.3) is 11.0 Å². The highest BCUT2D eigenvalue weighted by molar-refractivity contribution is 5.80. The first-order chi connectivity index (χ1) is 17.9. The van der Waals surface area contributed by atoms with Crippen LogP contribution in [0.2, 0.25) is 0 Å². The second-order valence-corrected chi connectivity index (χ2v) is 8.59. The Kier molecular flexibility index (Phi) is 7.98. The van der Waals surface area contributed by atoms with E-state index in [-0.39, 0.29) is 23.7 Å². The summed E-state index contributed by atoms with van der Waals surface area (Å²) < 4.78 is 27.5. The van der Waals surface area contributed by atoms with Crippen molar-refractivity contribution in [2.75, 3.05) is 27.4 Å². The maximum atomic E-state index is 12.9. The zero-order valence-corrected chi connectivity index (χ0v) is 21.3. The Morgan fingerprint density at radius 1 is 0.865 bits per heavy atom. The van der Waals surface area contributed by atoms with E-state index in [1.54, 1.807) is 32.4 Å². The predicted octanol–water partition coefficient (Wildman–Crippen LogP) is 4.96. The summed E-state index contributed by atoms with van der Waals surface area (Å²) in [5, 5.41) is 3.18. The van der Waals surface area contributed by atoms with Crippen LogP contribution in [-0.4, -0.2) is 33.3 Å². The summed E-state index contributed by atoms with van der Waals surface area (Å²) in [6.45, 7) is 4.19. The number of benzene rings is 3. The Labute approximate surface area is 214 Å². The van der Waals surface area contributed by atoms with Crippen LogP contribution in [0.4, 0.5) is 0 Å². The van der Waals surface area contributed by atoms with Crippen molar-refractivity contribution in [3.8, 4) is 28.7 Å². The lowest BCUT2D eigenvalue weighted by Crippen LogP contribution is -2.30. The van der Waals surface area contributed by atoms with E-state index in [4.69, 9.17) is 23.4 Å². The van der Waals surface area contributed by atoms with Crippen molar-refractivity contribution in [3.05, 3.63) is 87.8 Å². The molecule has 0 saturated heterocycles. The molecule has 0 bridgehead atoms. The van der Waals surface area contributed by atoms with Crippen LogP contribution in [0.1, 0.15) is 16.7 Å². The van der Waals surface area contributed by atoms with Crippen LogP contribution in [-0.2, 0) is 11.2 Å². The summed E-state index contributed by atoms with van der Waals surface area (Å²) in [7, 11) is 3.16. The van der Waals surface area contributed by atoms with Gasteiger partial charge in [0.1, 0.15) is 23.3 Å². The minimum atomic E-state index is -0.292. The quantitative estimate of drug-likeness (QED) is 0.327. The zero-order chi connectivity index (χ0) is 26.4. The highest BCUT2D eigenvalue weighted by Crippen LogP contribution is 2.28. The molecule has 1 amide bonds. The number of amides is 1. The average Bonchev–Trinajstić information content (AvgIpc) is 2.88. The van der Waals surface area contributed by atoms with Crippen molar-refractivity contribution in [2.45, 2.75) is 20.3 Å². The maximum Gasteiger partial charge on any atom is 0.257 e. The van der Waals surface area contributed by atoms with Gasteiger partial charge in [-0.2, -0.15) is 0 Å². The van der Waals surface area contributed by atoms with Crippen molar-refractivity contribution in [3.63, 3.8) is 0 Å². The van der Waals surface area contributed by atoms with E-state index < -0.39 is 0 Å². The standard InChI is InChI=1S/C29H29NO7/c1-18-11-19(2)13-22(12-18)37-27-16-36-25-15-21(6-7-23(25)29(27)32)35-17-28(31)30-10-9-20-5-8-24(33-3)26(14-20)34-4/h5-8,11-16H,9-10,17H2,1-4H3,(H,30,31). The molecular weight excluding hydrogens is 474 g/mol. The number of fused-ring (bicyclic) bond motifs is 1. The molecule has 8 nitrogen and oxygen atoms in total. The van der Waals surface area contributed by atoms with Gasteiger partial charge in [0.25, 0.3) is 5.91 Å². The molecule has 0 unspecified atom stereocenters. The van der Waals surface area contributed by atoms with Gasteiger partial charge in [0, 0.05) is 12.6 Å². The van der Waals surface area contributed by atoms with Crippen LogP contribution in [0.15, 0.2) is 70.1 Å². The molecular formula is C29H29NO7. The average molecular weight is 504 g/mol. The van der Waals surface area contributed by atoms with E-state index in [0.717, 1.165) is 16.7 Å². The largest absolute Gasteiger partial charge is 0.493 e. The molecule has 0 atom stereocenters. The van der Waals surface area contributed by atoms with Gasteiger partial charge in [-0.3, -0.25) is 9.59 Å². The molecule has 0 spiro atoms. The van der Waals surface area contributed by atoms with E-state index in [2.05, 4.69) is 5.32 Å². The first-order valence-electron chi connectivity index (χ1n) is 11.8. The lowest BCUT2D eigenvalue weighted by Gasteiger charge is -2.11. The number of carbonyl (C=O) groups is 1. The van der Waals surface area contributed by atoms with Crippen molar-refractivity contribution in [1.29, 1.82) is 0 Å². The SMILES string of the molecule is COc1ccc(CCNC(=O)COc2ccc3c(=O)c(Oc4cc(C)cc(C)c4)coc3c2)cc1OC. The van der Waals surface area contributed by atoms with Crippen LogP contribution in [0.5, 0.6) is 28.7 Å². The van der Waals surface area contributed by atoms with Gasteiger partial charge in [0.15, 0.2) is 18.1 Å². The fourth-order valence-corrected chi connectivity index (χ4v) is 3.95. The molecule has 0 fully saturated rings. The van der Waals surface area contributed by atoms with Gasteiger partial charge >= 0.3 is 0 Å². The van der Waals surface area contributed by atoms with Gasteiger partial charge in [-0.1, -0.05) is 12.1 Å². The number of carbonyl (C=O) groups excluding carboxylic acids is 1. The molecule has 0 radical (unpaired) electrons. The second-order valence-electron chi connectivity index (χ2n) is 8.59. The second kappa shape index (κ2) is 11.5. The zero-order valence-electron chi connectivity index (χ0n) is 21.3. The Morgan fingerprint density at radius 2 is 1.62 bits per heavy atom. The molecule has 1 aromatic heterocycles. The van der Waals surface area contributed by atoms with E-state index in [1.165, 1.54) is 6.26 Å². The Hall–Kier alpha value is -4.46. The third-order valence-electron chi connectivity index (χ3n) is 5.69. The normalized spacial score (nSPS) is 10.7. The third kappa shape index (κ3) is 6.41. The van der Waals surface area contributed by atoms with Crippen LogP contribution in [0, 0.1) is 13.8 Å². The smallest absolute Gasteiger partial charge is 0.257 e. The minimum absolute atomic E-state index is 0.0972. The lowest BCUT2D eigenvalue weighted by molar-refractivity contribution is -0.123. The van der Waals surface area contributed by atoms with Crippen LogP contribution >= 0.6 is 0 Å². The topological polar surface area (TPSA) is 96.2 Å². The molecule has 0 aliphatic carbocycles. The monoisotopic (exact) mass is 503 g/mol. The lowest BCUT2D eigenvalue weighted by atomic mass is 10.1. The number of rotatable bonds is 10. The first-order valence-corrected chi connectivity index (χ1v) is 11.8. The fraction of sp³-hybridized carbons (Fsp3) is 0.241. The van der Waals surface area contributed by atoms with Crippen molar-refractivity contribution in [1.82, 2.24) is 5.32 Å². The van der Waals surface area contributed by atoms with E-state index in [0.29, 0.717) is 46.9 Å². The molecule has 4 aromatic rings. The third-order valence-corrected chi connectivity index (χ3v) is 5.69. The molecule has 0 aliphatic heterocycles. The number of hydrogen-bond donors (Lipinski definition) is 1. The predicted molar refractivity (Wildman–Crippen MR) is 140 cm³/mol. The van der Waals surface area contributed by atoms with Crippen LogP contribution in [0.3, 0.4) is 0 Å². The van der Waals surface area contributed by atoms with Gasteiger partial charge < -0.3 is 28.7 Å². The number of hydrogen-bond acceptors (Lipinski definition) is 7. The summed E-state index contributed by atoms with van der Waals surface area (Å²) in [4.78, 5) is 25.1. The number of aryl methyl sites for hydroxylation is 2. The van der Waals surface area contributed by atoms with E-state index in [9.17, 15) is 9.59 Å². The summed E-state index contributed by atoms with van der Waals surface area (Å²) in [6, 6.07) is 16.2. The highest BCUT2D eigenvalue weighted by atomic mass is 16.5. The van der Waals surface area contributed by atoms with Gasteiger partial charge in [-0.05, 0) is 73.4 Å². The van der Waals surface area contributed by atoms with Gasteiger partial charge in [-0.25, -0.2) is 0 Å². The Balaban J connectivity index is 1.33. The van der Waals surface area contributed by atoms with Crippen LogP contribution < -0.4 is 29.7 Å². The summed E-state index contributed by atoms with van der Waals surface area (Å²) >= 11 is 0. The van der Waals surface area contributed by atoms with Crippen molar-refractivity contribution >= 4 is 16.9 Å². The van der Waals surface area contributed by atoms with Gasteiger partial charge in [-0.15, -0.1) is 0 Å². The minimum Gasteiger partial charge on any atom is -0.493 e. The van der Waals surface area contributed by atoms with E-state index >= 15 is 0 Å². The Morgan fingerprint density at radius 3 is 2.35 bits per heavy atom. The Bertz CT molecular complexity index is 1460. The first kappa shape index (κ1) is 25.6. The van der Waals surface area contributed by atoms with Crippen molar-refractivity contribution < 1.29 is 28.2 Å². The molecule has 1 heterocycles. The molecule has 0 aliphatic rings. The highest BCUT2D eigenvalue weighted by Gasteiger charge is 2.12. The van der Waals surface area contributed by atoms with Crippen molar-refractivity contribution in [2.24, 2.45) is 0 Å². The molecule has 4 rings (SSSR count). The fourth-order valence-electron chi connectivity index (χ4n) is 3.95. The molecule has 192 valence electrons. The maximum absolute atomic E-state index is 12.9. The summed E-state index contributed by atoms with van der Waals surface area (Å²) in [5.74, 6) is 2.11. The summed E-state index contributed by atoms with van der Waals surface area (Å²) in [5.41, 5.74) is 3.12. The number of ether oxygens (including phenoxy) is 4. The van der Waals surface area contributed by atoms with Gasteiger partial charge in [0.2, 0.25) is 11.2 Å². The molecule has 8 heteroatoms.